The van der Waals surface area contributed by atoms with Crippen molar-refractivity contribution in [1.29, 1.82) is 0 Å². The summed E-state index contributed by atoms with van der Waals surface area (Å²) >= 11 is 0. The maximum absolute atomic E-state index is 12.1. The fourth-order valence-electron chi connectivity index (χ4n) is 2.68. The van der Waals surface area contributed by atoms with Crippen LogP contribution in [0.4, 0.5) is 5.69 Å². The standard InChI is InChI=1S/C17H25N3O4/c1-19-7-9-20(10-8-19)12-13(17(22)23)11-16(21)18-14-3-5-15(24-2)6-4-14/h3-6,13H,7-12H2,1-2H3,(H,18,21)(H,22,23). The highest BCUT2D eigenvalue weighted by atomic mass is 16.5. The molecule has 0 aromatic heterocycles. The summed E-state index contributed by atoms with van der Waals surface area (Å²) in [4.78, 5) is 27.9. The number of aliphatic carboxylic acids is 1. The van der Waals surface area contributed by atoms with Gasteiger partial charge in [-0.25, -0.2) is 0 Å². The second-order valence-corrected chi connectivity index (χ2v) is 6.12. The lowest BCUT2D eigenvalue weighted by Gasteiger charge is -2.33. The van der Waals surface area contributed by atoms with Crippen LogP contribution in [0.3, 0.4) is 0 Å². The number of nitrogens with one attached hydrogen (secondary N) is 1. The zero-order chi connectivity index (χ0) is 17.5. The van der Waals surface area contributed by atoms with Crippen molar-refractivity contribution < 1.29 is 19.4 Å². The minimum Gasteiger partial charge on any atom is -0.497 e. The molecule has 0 radical (unpaired) electrons. The van der Waals surface area contributed by atoms with Gasteiger partial charge in [0.2, 0.25) is 5.91 Å². The van der Waals surface area contributed by atoms with Crippen LogP contribution < -0.4 is 10.1 Å². The largest absolute Gasteiger partial charge is 0.497 e. The van der Waals surface area contributed by atoms with E-state index in [1.165, 1.54) is 0 Å². The Morgan fingerprint density at radius 3 is 2.38 bits per heavy atom. The molecule has 2 rings (SSSR count). The van der Waals surface area contributed by atoms with Crippen LogP contribution in [0, 0.1) is 5.92 Å². The first-order valence-corrected chi connectivity index (χ1v) is 8.05. The van der Waals surface area contributed by atoms with E-state index in [4.69, 9.17) is 4.74 Å². The van der Waals surface area contributed by atoms with Crippen molar-refractivity contribution in [1.82, 2.24) is 9.80 Å². The molecule has 2 N–H and O–H groups in total. The smallest absolute Gasteiger partial charge is 0.308 e. The molecule has 0 saturated carbocycles. The highest BCUT2D eigenvalue weighted by Gasteiger charge is 2.25. The van der Waals surface area contributed by atoms with Crippen molar-refractivity contribution in [2.45, 2.75) is 6.42 Å². The Labute approximate surface area is 142 Å². The number of carbonyl (C=O) groups is 2. The number of methoxy groups -OCH3 is 1. The second kappa shape index (κ2) is 8.65. The maximum atomic E-state index is 12.1. The van der Waals surface area contributed by atoms with Crippen LogP contribution in [0.5, 0.6) is 5.75 Å². The number of carboxylic acids is 1. The lowest BCUT2D eigenvalue weighted by atomic mass is 10.0. The molecule has 1 aromatic carbocycles. The SMILES string of the molecule is COc1ccc(NC(=O)CC(CN2CCN(C)CC2)C(=O)O)cc1. The molecule has 1 atom stereocenters. The molecular formula is C17H25N3O4. The Hall–Kier alpha value is -2.12. The molecule has 1 saturated heterocycles. The van der Waals surface area contributed by atoms with E-state index in [0.29, 0.717) is 18.0 Å². The van der Waals surface area contributed by atoms with Gasteiger partial charge in [-0.15, -0.1) is 0 Å². The predicted octanol–water partition coefficient (Wildman–Crippen LogP) is 0.972. The number of hydrogen-bond acceptors (Lipinski definition) is 5. The number of ether oxygens (including phenoxy) is 1. The Kier molecular flexibility index (Phi) is 6.57. The van der Waals surface area contributed by atoms with Gasteiger partial charge in [0.1, 0.15) is 5.75 Å². The van der Waals surface area contributed by atoms with Crippen molar-refractivity contribution in [2.75, 3.05) is 52.2 Å². The summed E-state index contributed by atoms with van der Waals surface area (Å²) < 4.78 is 5.06. The normalized spacial score (nSPS) is 17.2. The van der Waals surface area contributed by atoms with Gasteiger partial charge in [0.25, 0.3) is 0 Å². The van der Waals surface area contributed by atoms with Gasteiger partial charge >= 0.3 is 5.97 Å². The summed E-state index contributed by atoms with van der Waals surface area (Å²) in [6, 6.07) is 6.95. The molecule has 1 aliphatic heterocycles. The zero-order valence-electron chi connectivity index (χ0n) is 14.2. The Balaban J connectivity index is 1.86. The fourth-order valence-corrected chi connectivity index (χ4v) is 2.68. The molecule has 7 nitrogen and oxygen atoms in total. The second-order valence-electron chi connectivity index (χ2n) is 6.12. The van der Waals surface area contributed by atoms with Crippen LogP contribution in [-0.4, -0.2) is 73.7 Å². The zero-order valence-corrected chi connectivity index (χ0v) is 14.2. The average molecular weight is 335 g/mol. The molecule has 1 heterocycles. The number of nitrogens with zero attached hydrogens (tertiary/aromatic N) is 2. The van der Waals surface area contributed by atoms with E-state index in [-0.39, 0.29) is 12.3 Å². The van der Waals surface area contributed by atoms with Crippen molar-refractivity contribution >= 4 is 17.6 Å². The third-order valence-electron chi connectivity index (χ3n) is 4.23. The quantitative estimate of drug-likeness (QED) is 0.773. The van der Waals surface area contributed by atoms with Crippen molar-refractivity contribution in [3.05, 3.63) is 24.3 Å². The Bertz CT molecular complexity index is 553. The summed E-state index contributed by atoms with van der Waals surface area (Å²) in [5.41, 5.74) is 0.629. The third-order valence-corrected chi connectivity index (χ3v) is 4.23. The molecule has 0 bridgehead atoms. The van der Waals surface area contributed by atoms with E-state index < -0.39 is 11.9 Å². The number of benzene rings is 1. The summed E-state index contributed by atoms with van der Waals surface area (Å²) in [6.07, 6.45) is -0.0340. The van der Waals surface area contributed by atoms with Gasteiger partial charge in [0.05, 0.1) is 13.0 Å². The highest BCUT2D eigenvalue weighted by Crippen LogP contribution is 2.16. The number of likely N-dealkylation sites (N-methyl/N-ethyl adjacent to an activating group) is 1. The molecular weight excluding hydrogens is 310 g/mol. The number of hydrogen-bond donors (Lipinski definition) is 2. The van der Waals surface area contributed by atoms with Gasteiger partial charge in [0.15, 0.2) is 0 Å². The predicted molar refractivity (Wildman–Crippen MR) is 91.3 cm³/mol. The summed E-state index contributed by atoms with van der Waals surface area (Å²) in [5, 5.41) is 12.1. The van der Waals surface area contributed by atoms with E-state index in [1.807, 2.05) is 7.05 Å². The highest BCUT2D eigenvalue weighted by molar-refractivity contribution is 5.93. The molecule has 1 unspecified atom stereocenters. The summed E-state index contributed by atoms with van der Waals surface area (Å²) in [6.45, 7) is 3.91. The first kappa shape index (κ1) is 18.2. The number of anilines is 1. The topological polar surface area (TPSA) is 82.1 Å². The van der Waals surface area contributed by atoms with Crippen LogP contribution >= 0.6 is 0 Å². The van der Waals surface area contributed by atoms with Crippen LogP contribution in [-0.2, 0) is 9.59 Å². The average Bonchev–Trinajstić information content (AvgIpc) is 2.56. The lowest BCUT2D eigenvalue weighted by Crippen LogP contribution is -2.47. The molecule has 7 heteroatoms. The van der Waals surface area contributed by atoms with Gasteiger partial charge in [-0.05, 0) is 31.3 Å². The van der Waals surface area contributed by atoms with Gasteiger partial charge in [0, 0.05) is 44.8 Å². The number of rotatable bonds is 7. The van der Waals surface area contributed by atoms with E-state index in [1.54, 1.807) is 31.4 Å². The molecule has 24 heavy (non-hydrogen) atoms. The minimum atomic E-state index is -0.932. The minimum absolute atomic E-state index is 0.0340. The van der Waals surface area contributed by atoms with Crippen LogP contribution in [0.25, 0.3) is 0 Å². The first-order chi connectivity index (χ1) is 11.5. The fraction of sp³-hybridized carbons (Fsp3) is 0.529. The van der Waals surface area contributed by atoms with E-state index >= 15 is 0 Å². The monoisotopic (exact) mass is 335 g/mol. The van der Waals surface area contributed by atoms with E-state index in [0.717, 1.165) is 26.2 Å². The third kappa shape index (κ3) is 5.50. The van der Waals surface area contributed by atoms with Crippen molar-refractivity contribution in [2.24, 2.45) is 5.92 Å². The summed E-state index contributed by atoms with van der Waals surface area (Å²) in [7, 11) is 3.62. The van der Waals surface area contributed by atoms with Gasteiger partial charge in [-0.2, -0.15) is 0 Å². The number of carbonyl (C=O) groups excluding carboxylic acids is 1. The Morgan fingerprint density at radius 2 is 1.83 bits per heavy atom. The number of piperazine rings is 1. The molecule has 1 aromatic rings. The van der Waals surface area contributed by atoms with Gasteiger partial charge < -0.3 is 20.1 Å². The van der Waals surface area contributed by atoms with Crippen LogP contribution in [0.15, 0.2) is 24.3 Å². The molecule has 132 valence electrons. The van der Waals surface area contributed by atoms with Crippen LogP contribution in [0.1, 0.15) is 6.42 Å². The van der Waals surface area contributed by atoms with E-state index in [9.17, 15) is 14.7 Å². The first-order valence-electron chi connectivity index (χ1n) is 8.05. The lowest BCUT2D eigenvalue weighted by molar-refractivity contribution is -0.144. The van der Waals surface area contributed by atoms with Crippen LogP contribution in [0.2, 0.25) is 0 Å². The van der Waals surface area contributed by atoms with E-state index in [2.05, 4.69) is 15.1 Å². The molecule has 1 amide bonds. The van der Waals surface area contributed by atoms with Crippen molar-refractivity contribution in [3.63, 3.8) is 0 Å². The number of carboxylic acid groups (broad SMARTS) is 1. The number of amides is 1. The maximum Gasteiger partial charge on any atom is 0.308 e. The summed E-state index contributed by atoms with van der Waals surface area (Å²) in [5.74, 6) is -1.22. The van der Waals surface area contributed by atoms with Gasteiger partial charge in [-0.1, -0.05) is 0 Å². The van der Waals surface area contributed by atoms with Gasteiger partial charge in [-0.3, -0.25) is 14.5 Å². The van der Waals surface area contributed by atoms with Crippen molar-refractivity contribution in [3.8, 4) is 5.75 Å². The molecule has 0 spiro atoms. The molecule has 0 aliphatic carbocycles. The molecule has 1 fully saturated rings. The molecule has 1 aliphatic rings. The Morgan fingerprint density at radius 1 is 1.21 bits per heavy atom.